The minimum Gasteiger partial charge on any atom is -0.481 e. The van der Waals surface area contributed by atoms with E-state index in [-0.39, 0.29) is 17.3 Å². The molecule has 7 nitrogen and oxygen atoms in total. The Morgan fingerprint density at radius 2 is 2.10 bits per heavy atom. The number of amides is 1. The van der Waals surface area contributed by atoms with Gasteiger partial charge < -0.3 is 10.4 Å². The van der Waals surface area contributed by atoms with Gasteiger partial charge in [-0.15, -0.1) is 0 Å². The van der Waals surface area contributed by atoms with Crippen LogP contribution in [0.2, 0.25) is 0 Å². The normalized spacial score (nSPS) is 21.0. The van der Waals surface area contributed by atoms with E-state index in [4.69, 9.17) is 5.11 Å². The van der Waals surface area contributed by atoms with E-state index in [0.29, 0.717) is 22.8 Å². The zero-order valence-electron chi connectivity index (χ0n) is 10.9. The highest BCUT2D eigenvalue weighted by Crippen LogP contribution is 2.26. The third-order valence-electron chi connectivity index (χ3n) is 3.52. The summed E-state index contributed by atoms with van der Waals surface area (Å²) in [4.78, 5) is 33.3. The fraction of sp³-hybridized carbons (Fsp3) is 0.385. The maximum atomic E-state index is 12.2. The van der Waals surface area contributed by atoms with Crippen molar-refractivity contribution in [3.8, 4) is 0 Å². The van der Waals surface area contributed by atoms with Crippen LogP contribution >= 0.6 is 22.6 Å². The first-order chi connectivity index (χ1) is 9.88. The van der Waals surface area contributed by atoms with Gasteiger partial charge in [0, 0.05) is 21.7 Å². The van der Waals surface area contributed by atoms with Crippen LogP contribution in [-0.2, 0) is 4.79 Å². The van der Waals surface area contributed by atoms with Crippen LogP contribution in [0.3, 0.4) is 0 Å². The summed E-state index contributed by atoms with van der Waals surface area (Å²) in [6, 6.07) is 3.89. The zero-order chi connectivity index (χ0) is 15.6. The number of non-ortho nitro benzene ring substituents is 1. The van der Waals surface area contributed by atoms with Gasteiger partial charge in [0.2, 0.25) is 0 Å². The molecular weight excluding hydrogens is 391 g/mol. The van der Waals surface area contributed by atoms with Gasteiger partial charge in [-0.2, -0.15) is 0 Å². The highest BCUT2D eigenvalue weighted by Gasteiger charge is 2.31. The Balaban J connectivity index is 2.09. The zero-order valence-corrected chi connectivity index (χ0v) is 13.1. The van der Waals surface area contributed by atoms with Gasteiger partial charge in [0.25, 0.3) is 11.6 Å². The summed E-state index contributed by atoms with van der Waals surface area (Å²) in [6.45, 7) is 0. The summed E-state index contributed by atoms with van der Waals surface area (Å²) in [5, 5.41) is 22.4. The molecule has 112 valence electrons. The monoisotopic (exact) mass is 404 g/mol. The molecular formula is C13H13IN2O5. The smallest absolute Gasteiger partial charge is 0.306 e. The number of aliphatic carboxylic acids is 1. The molecule has 0 bridgehead atoms. The average molecular weight is 404 g/mol. The number of nitro groups is 1. The first-order valence-electron chi connectivity index (χ1n) is 6.36. The number of halogens is 1. The Labute approximate surface area is 134 Å². The first kappa shape index (κ1) is 15.7. The molecule has 1 aliphatic carbocycles. The van der Waals surface area contributed by atoms with Gasteiger partial charge in [-0.3, -0.25) is 19.7 Å². The number of nitrogens with zero attached hydrogens (tertiary/aromatic N) is 1. The molecule has 2 atom stereocenters. The SMILES string of the molecule is O=C(NC1CCC(C(=O)O)C1)c1cc([N+](=O)[O-])ccc1I. The van der Waals surface area contributed by atoms with Crippen molar-refractivity contribution < 1.29 is 19.6 Å². The van der Waals surface area contributed by atoms with Crippen molar-refractivity contribution in [2.75, 3.05) is 0 Å². The van der Waals surface area contributed by atoms with Crippen molar-refractivity contribution >= 4 is 40.2 Å². The summed E-state index contributed by atoms with van der Waals surface area (Å²) in [7, 11) is 0. The van der Waals surface area contributed by atoms with E-state index >= 15 is 0 Å². The molecule has 2 N–H and O–H groups in total. The van der Waals surface area contributed by atoms with Crippen LogP contribution in [-0.4, -0.2) is 27.9 Å². The maximum Gasteiger partial charge on any atom is 0.306 e. The summed E-state index contributed by atoms with van der Waals surface area (Å²) in [5.74, 6) is -1.68. The fourth-order valence-electron chi connectivity index (χ4n) is 2.40. The number of hydrogen-bond acceptors (Lipinski definition) is 4. The summed E-state index contributed by atoms with van der Waals surface area (Å²) in [5.41, 5.74) is 0.0963. The Hall–Kier alpha value is -1.71. The molecule has 2 rings (SSSR count). The topological polar surface area (TPSA) is 110 Å². The lowest BCUT2D eigenvalue weighted by Gasteiger charge is -2.13. The number of carbonyl (C=O) groups is 2. The van der Waals surface area contributed by atoms with E-state index in [9.17, 15) is 19.7 Å². The summed E-state index contributed by atoms with van der Waals surface area (Å²) < 4.78 is 0.614. The number of carbonyl (C=O) groups excluding carboxylic acids is 1. The van der Waals surface area contributed by atoms with Gasteiger partial charge in [0.1, 0.15) is 0 Å². The molecule has 0 aromatic heterocycles. The van der Waals surface area contributed by atoms with Crippen LogP contribution in [0, 0.1) is 19.6 Å². The molecule has 1 aliphatic rings. The van der Waals surface area contributed by atoms with E-state index in [1.54, 1.807) is 0 Å². The van der Waals surface area contributed by atoms with Crippen molar-refractivity contribution in [2.45, 2.75) is 25.3 Å². The molecule has 8 heteroatoms. The Bertz CT molecular complexity index is 604. The second-order valence-corrected chi connectivity index (χ2v) is 6.10. The molecule has 1 amide bonds. The van der Waals surface area contributed by atoms with Crippen LogP contribution in [0.1, 0.15) is 29.6 Å². The molecule has 1 aromatic rings. The average Bonchev–Trinajstić information content (AvgIpc) is 2.87. The quantitative estimate of drug-likeness (QED) is 0.454. The van der Waals surface area contributed by atoms with E-state index in [1.165, 1.54) is 18.2 Å². The molecule has 0 saturated heterocycles. The molecule has 21 heavy (non-hydrogen) atoms. The highest BCUT2D eigenvalue weighted by molar-refractivity contribution is 14.1. The third kappa shape index (κ3) is 3.69. The molecule has 0 heterocycles. The van der Waals surface area contributed by atoms with Crippen molar-refractivity contribution in [3.63, 3.8) is 0 Å². The second-order valence-electron chi connectivity index (χ2n) is 4.94. The molecule has 1 saturated carbocycles. The Morgan fingerprint density at radius 1 is 1.38 bits per heavy atom. The number of nitrogens with one attached hydrogen (secondary N) is 1. The number of carboxylic acids is 1. The van der Waals surface area contributed by atoms with Crippen LogP contribution < -0.4 is 5.32 Å². The second kappa shape index (κ2) is 6.37. The van der Waals surface area contributed by atoms with E-state index in [0.717, 1.165) is 0 Å². The van der Waals surface area contributed by atoms with Gasteiger partial charge >= 0.3 is 5.97 Å². The highest BCUT2D eigenvalue weighted by atomic mass is 127. The number of carboxylic acid groups (broad SMARTS) is 1. The van der Waals surface area contributed by atoms with Crippen LogP contribution in [0.5, 0.6) is 0 Å². The molecule has 2 unspecified atom stereocenters. The van der Waals surface area contributed by atoms with Crippen molar-refractivity contribution in [3.05, 3.63) is 37.4 Å². The van der Waals surface area contributed by atoms with Crippen molar-refractivity contribution in [1.82, 2.24) is 5.32 Å². The van der Waals surface area contributed by atoms with Gasteiger partial charge in [0.05, 0.1) is 16.4 Å². The summed E-state index contributed by atoms with van der Waals surface area (Å²) in [6.07, 6.45) is 1.53. The number of hydrogen-bond donors (Lipinski definition) is 2. The van der Waals surface area contributed by atoms with Gasteiger partial charge in [0.15, 0.2) is 0 Å². The number of nitro benzene ring substituents is 1. The lowest BCUT2D eigenvalue weighted by molar-refractivity contribution is -0.384. The van der Waals surface area contributed by atoms with E-state index in [2.05, 4.69) is 5.32 Å². The standard InChI is InChI=1S/C13H13IN2O5/c14-11-4-3-9(16(20)21)6-10(11)12(17)15-8-2-1-7(5-8)13(18)19/h3-4,6-8H,1-2,5H2,(H,15,17)(H,18,19). The predicted molar refractivity (Wildman–Crippen MR) is 82.0 cm³/mol. The molecule has 0 spiro atoms. The third-order valence-corrected chi connectivity index (χ3v) is 4.46. The van der Waals surface area contributed by atoms with Gasteiger partial charge in [-0.05, 0) is 47.9 Å². The Morgan fingerprint density at radius 3 is 2.67 bits per heavy atom. The predicted octanol–water partition coefficient (Wildman–Crippen LogP) is 2.18. The molecule has 1 fully saturated rings. The van der Waals surface area contributed by atoms with E-state index in [1.807, 2.05) is 22.6 Å². The molecule has 0 aliphatic heterocycles. The van der Waals surface area contributed by atoms with Crippen LogP contribution in [0.15, 0.2) is 18.2 Å². The lowest BCUT2D eigenvalue weighted by Crippen LogP contribution is -2.33. The largest absolute Gasteiger partial charge is 0.481 e. The van der Waals surface area contributed by atoms with Gasteiger partial charge in [-0.25, -0.2) is 0 Å². The number of benzene rings is 1. The maximum absolute atomic E-state index is 12.2. The fourth-order valence-corrected chi connectivity index (χ4v) is 2.98. The van der Waals surface area contributed by atoms with Gasteiger partial charge in [-0.1, -0.05) is 0 Å². The lowest BCUT2D eigenvalue weighted by atomic mass is 10.1. The number of rotatable bonds is 4. The minimum absolute atomic E-state index is 0.143. The first-order valence-corrected chi connectivity index (χ1v) is 7.44. The molecule has 0 radical (unpaired) electrons. The van der Waals surface area contributed by atoms with Crippen molar-refractivity contribution in [2.24, 2.45) is 5.92 Å². The minimum atomic E-state index is -0.850. The van der Waals surface area contributed by atoms with Crippen molar-refractivity contribution in [1.29, 1.82) is 0 Å². The summed E-state index contributed by atoms with van der Waals surface area (Å²) >= 11 is 1.94. The van der Waals surface area contributed by atoms with Crippen LogP contribution in [0.25, 0.3) is 0 Å². The van der Waals surface area contributed by atoms with E-state index < -0.39 is 22.7 Å². The Kier molecular flexibility index (Phi) is 4.76. The molecule has 1 aromatic carbocycles. The van der Waals surface area contributed by atoms with Crippen LogP contribution in [0.4, 0.5) is 5.69 Å².